The maximum Gasteiger partial charge on any atom is 0.311 e. The quantitative estimate of drug-likeness (QED) is 0.566. The molecular formula is C23H24N4O3. The average molecular weight is 404 g/mol. The van der Waals surface area contributed by atoms with Crippen LogP contribution in [0.1, 0.15) is 36.2 Å². The summed E-state index contributed by atoms with van der Waals surface area (Å²) in [5.41, 5.74) is 2.75. The van der Waals surface area contributed by atoms with Crippen molar-refractivity contribution in [3.05, 3.63) is 83.7 Å². The lowest BCUT2D eigenvalue weighted by molar-refractivity contribution is -0.149. The topological polar surface area (TPSA) is 77.3 Å². The molecule has 1 aromatic heterocycles. The summed E-state index contributed by atoms with van der Waals surface area (Å²) in [7, 11) is 0. The second kappa shape index (κ2) is 8.90. The van der Waals surface area contributed by atoms with E-state index in [0.717, 1.165) is 11.1 Å². The molecule has 1 fully saturated rings. The highest BCUT2D eigenvalue weighted by Crippen LogP contribution is 2.29. The second-order valence-electron chi connectivity index (χ2n) is 7.53. The SMILES string of the molecule is CC(c1ccccc1)N1CC(C(=O)OCc2cn(Cc3ccccc3)nn2)CC1=O. The molecule has 1 aliphatic rings. The van der Waals surface area contributed by atoms with Gasteiger partial charge in [0, 0.05) is 13.0 Å². The highest BCUT2D eigenvalue weighted by molar-refractivity contribution is 5.87. The first-order valence-corrected chi connectivity index (χ1v) is 10.0. The minimum absolute atomic E-state index is 0.0258. The number of aromatic nitrogens is 3. The molecule has 3 aromatic rings. The number of rotatable bonds is 7. The molecule has 0 spiro atoms. The molecule has 4 rings (SSSR count). The first kappa shape index (κ1) is 19.8. The fraction of sp³-hybridized carbons (Fsp3) is 0.304. The molecule has 0 bridgehead atoms. The summed E-state index contributed by atoms with van der Waals surface area (Å²) < 4.78 is 7.13. The number of amides is 1. The molecule has 1 saturated heterocycles. The lowest BCUT2D eigenvalue weighted by Crippen LogP contribution is -2.29. The number of benzene rings is 2. The Balaban J connectivity index is 1.30. The van der Waals surface area contributed by atoms with Crippen LogP contribution in [0.5, 0.6) is 0 Å². The van der Waals surface area contributed by atoms with E-state index in [4.69, 9.17) is 4.74 Å². The third-order valence-corrected chi connectivity index (χ3v) is 5.38. The van der Waals surface area contributed by atoms with E-state index < -0.39 is 5.92 Å². The largest absolute Gasteiger partial charge is 0.459 e. The van der Waals surface area contributed by atoms with Crippen LogP contribution >= 0.6 is 0 Å². The summed E-state index contributed by atoms with van der Waals surface area (Å²) in [6, 6.07) is 19.7. The molecular weight excluding hydrogens is 380 g/mol. The number of carbonyl (C=O) groups is 2. The van der Waals surface area contributed by atoms with Crippen molar-refractivity contribution in [3.8, 4) is 0 Å². The van der Waals surface area contributed by atoms with Gasteiger partial charge < -0.3 is 9.64 Å². The summed E-state index contributed by atoms with van der Waals surface area (Å²) in [6.45, 7) is 3.00. The highest BCUT2D eigenvalue weighted by atomic mass is 16.5. The molecule has 1 amide bonds. The smallest absolute Gasteiger partial charge is 0.311 e. The molecule has 0 radical (unpaired) electrons. The van der Waals surface area contributed by atoms with E-state index in [1.165, 1.54) is 0 Å². The molecule has 2 atom stereocenters. The van der Waals surface area contributed by atoms with Crippen LogP contribution in [0, 0.1) is 5.92 Å². The Morgan fingerprint density at radius 3 is 2.57 bits per heavy atom. The van der Waals surface area contributed by atoms with E-state index in [-0.39, 0.29) is 30.9 Å². The normalized spacial score (nSPS) is 17.2. The Bertz CT molecular complexity index is 1000. The van der Waals surface area contributed by atoms with Crippen LogP contribution in [0.15, 0.2) is 66.9 Å². The summed E-state index contributed by atoms with van der Waals surface area (Å²) in [5, 5.41) is 8.15. The monoisotopic (exact) mass is 404 g/mol. The van der Waals surface area contributed by atoms with Crippen LogP contribution in [-0.2, 0) is 27.5 Å². The van der Waals surface area contributed by atoms with Crippen LogP contribution in [0.4, 0.5) is 0 Å². The van der Waals surface area contributed by atoms with Gasteiger partial charge in [0.1, 0.15) is 12.3 Å². The van der Waals surface area contributed by atoms with Crippen LogP contribution in [0.3, 0.4) is 0 Å². The fourth-order valence-corrected chi connectivity index (χ4v) is 3.69. The first-order valence-electron chi connectivity index (χ1n) is 10.0. The molecule has 2 unspecified atom stereocenters. The maximum atomic E-state index is 12.5. The van der Waals surface area contributed by atoms with Gasteiger partial charge >= 0.3 is 5.97 Å². The number of nitrogens with zero attached hydrogens (tertiary/aromatic N) is 4. The van der Waals surface area contributed by atoms with Gasteiger partial charge in [-0.2, -0.15) is 0 Å². The number of likely N-dealkylation sites (tertiary alicyclic amines) is 1. The van der Waals surface area contributed by atoms with Gasteiger partial charge in [0.05, 0.1) is 24.7 Å². The Labute approximate surface area is 175 Å². The number of ether oxygens (including phenoxy) is 1. The third-order valence-electron chi connectivity index (χ3n) is 5.38. The van der Waals surface area contributed by atoms with Gasteiger partial charge in [-0.1, -0.05) is 65.9 Å². The predicted octanol–water partition coefficient (Wildman–Crippen LogP) is 2.98. The molecule has 0 aliphatic carbocycles. The number of carbonyl (C=O) groups excluding carboxylic acids is 2. The average Bonchev–Trinajstić information content (AvgIpc) is 3.39. The number of hydrogen-bond donors (Lipinski definition) is 0. The van der Waals surface area contributed by atoms with Crippen molar-refractivity contribution < 1.29 is 14.3 Å². The van der Waals surface area contributed by atoms with Crippen LogP contribution < -0.4 is 0 Å². The van der Waals surface area contributed by atoms with E-state index >= 15 is 0 Å². The van der Waals surface area contributed by atoms with Gasteiger partial charge in [-0.3, -0.25) is 9.59 Å². The molecule has 7 nitrogen and oxygen atoms in total. The van der Waals surface area contributed by atoms with Crippen molar-refractivity contribution in [2.75, 3.05) is 6.54 Å². The Kier molecular flexibility index (Phi) is 5.88. The molecule has 30 heavy (non-hydrogen) atoms. The van der Waals surface area contributed by atoms with Crippen LogP contribution in [-0.4, -0.2) is 38.3 Å². The summed E-state index contributed by atoms with van der Waals surface area (Å²) in [6.07, 6.45) is 1.95. The molecule has 7 heteroatoms. The minimum Gasteiger partial charge on any atom is -0.459 e. The van der Waals surface area contributed by atoms with Crippen molar-refractivity contribution >= 4 is 11.9 Å². The van der Waals surface area contributed by atoms with Crippen LogP contribution in [0.2, 0.25) is 0 Å². The molecule has 0 N–H and O–H groups in total. The van der Waals surface area contributed by atoms with Crippen molar-refractivity contribution in [3.63, 3.8) is 0 Å². The molecule has 154 valence electrons. The Morgan fingerprint density at radius 1 is 1.13 bits per heavy atom. The van der Waals surface area contributed by atoms with Crippen molar-refractivity contribution in [2.24, 2.45) is 5.92 Å². The first-order chi connectivity index (χ1) is 14.6. The zero-order valence-electron chi connectivity index (χ0n) is 16.8. The second-order valence-corrected chi connectivity index (χ2v) is 7.53. The lowest BCUT2D eigenvalue weighted by atomic mass is 10.1. The van der Waals surface area contributed by atoms with Crippen LogP contribution in [0.25, 0.3) is 0 Å². The molecule has 2 heterocycles. The van der Waals surface area contributed by atoms with Gasteiger partial charge in [-0.15, -0.1) is 5.10 Å². The minimum atomic E-state index is -0.456. The van der Waals surface area contributed by atoms with Gasteiger partial charge in [-0.05, 0) is 18.1 Å². The Hall–Kier alpha value is -3.48. The summed E-state index contributed by atoms with van der Waals surface area (Å²) >= 11 is 0. The molecule has 0 saturated carbocycles. The van der Waals surface area contributed by atoms with Gasteiger partial charge in [-0.25, -0.2) is 4.68 Å². The van der Waals surface area contributed by atoms with E-state index in [9.17, 15) is 9.59 Å². The van der Waals surface area contributed by atoms with Gasteiger partial charge in [0.25, 0.3) is 0 Å². The Morgan fingerprint density at radius 2 is 1.83 bits per heavy atom. The van der Waals surface area contributed by atoms with Crippen molar-refractivity contribution in [1.82, 2.24) is 19.9 Å². The lowest BCUT2D eigenvalue weighted by Gasteiger charge is -2.25. The van der Waals surface area contributed by atoms with E-state index in [2.05, 4.69) is 10.3 Å². The predicted molar refractivity (Wildman–Crippen MR) is 110 cm³/mol. The highest BCUT2D eigenvalue weighted by Gasteiger charge is 2.37. The third kappa shape index (κ3) is 4.56. The van der Waals surface area contributed by atoms with E-state index in [1.807, 2.05) is 67.6 Å². The van der Waals surface area contributed by atoms with Gasteiger partial charge in [0.15, 0.2) is 0 Å². The maximum absolute atomic E-state index is 12.5. The summed E-state index contributed by atoms with van der Waals surface area (Å²) in [4.78, 5) is 26.7. The van der Waals surface area contributed by atoms with E-state index in [0.29, 0.717) is 18.8 Å². The molecule has 2 aromatic carbocycles. The fourth-order valence-electron chi connectivity index (χ4n) is 3.69. The standard InChI is InChI=1S/C23H24N4O3/c1-17(19-10-6-3-7-11-19)27-14-20(12-22(27)28)23(29)30-16-21-15-26(25-24-21)13-18-8-4-2-5-9-18/h2-11,15,17,20H,12-14,16H2,1H3. The summed E-state index contributed by atoms with van der Waals surface area (Å²) in [5.74, 6) is -0.853. The van der Waals surface area contributed by atoms with E-state index in [1.54, 1.807) is 15.8 Å². The van der Waals surface area contributed by atoms with Crippen molar-refractivity contribution in [2.45, 2.75) is 32.5 Å². The number of esters is 1. The number of hydrogen-bond acceptors (Lipinski definition) is 5. The van der Waals surface area contributed by atoms with Crippen molar-refractivity contribution in [1.29, 1.82) is 0 Å². The zero-order valence-corrected chi connectivity index (χ0v) is 16.8. The zero-order chi connectivity index (χ0) is 20.9. The van der Waals surface area contributed by atoms with Gasteiger partial charge in [0.2, 0.25) is 5.91 Å². The molecule has 1 aliphatic heterocycles.